The van der Waals surface area contributed by atoms with E-state index >= 15 is 0 Å². The van der Waals surface area contributed by atoms with Crippen LogP contribution in [0, 0.1) is 5.82 Å². The first-order valence-corrected chi connectivity index (χ1v) is 13.9. The van der Waals surface area contributed by atoms with Crippen LogP contribution in [0.2, 0.25) is 0 Å². The van der Waals surface area contributed by atoms with Gasteiger partial charge in [0.1, 0.15) is 28.8 Å². The fourth-order valence-corrected chi connectivity index (χ4v) is 4.34. The molecule has 0 bridgehead atoms. The lowest BCUT2D eigenvalue weighted by Crippen LogP contribution is -2.20. The Labute approximate surface area is 228 Å². The summed E-state index contributed by atoms with van der Waals surface area (Å²) in [5, 5.41) is 17.7. The molecule has 0 fully saturated rings. The predicted molar refractivity (Wildman–Crippen MR) is 150 cm³/mol. The summed E-state index contributed by atoms with van der Waals surface area (Å²) in [6.45, 7) is 3.93. The SMILES string of the molecule is CC(C)n1cc(NC(=O)Nc2ccc(Oc3ccnc(NS(C)(=O)=O)c3)cc2F)c(-c2ccc3[nH]ncc3c2)n1. The topological polar surface area (TPSA) is 156 Å². The van der Waals surface area contributed by atoms with Gasteiger partial charge in [0.15, 0.2) is 0 Å². The van der Waals surface area contributed by atoms with E-state index in [0.717, 1.165) is 28.8 Å². The number of carbonyl (C=O) groups is 1. The molecule has 0 saturated carbocycles. The largest absolute Gasteiger partial charge is 0.457 e. The number of amides is 2. The van der Waals surface area contributed by atoms with E-state index in [4.69, 9.17) is 4.74 Å². The summed E-state index contributed by atoms with van der Waals surface area (Å²) in [6.07, 6.45) is 5.77. The van der Waals surface area contributed by atoms with E-state index in [1.165, 1.54) is 30.5 Å². The minimum absolute atomic E-state index is 0.0404. The van der Waals surface area contributed by atoms with Gasteiger partial charge in [0.2, 0.25) is 10.0 Å². The van der Waals surface area contributed by atoms with E-state index < -0.39 is 21.9 Å². The molecule has 0 aliphatic heterocycles. The molecular formula is C26H25FN8O4S. The molecule has 5 rings (SSSR count). The van der Waals surface area contributed by atoms with Gasteiger partial charge in [0.05, 0.1) is 29.3 Å². The number of benzene rings is 2. The zero-order valence-corrected chi connectivity index (χ0v) is 22.5. The first kappa shape index (κ1) is 26.6. The zero-order valence-electron chi connectivity index (χ0n) is 21.6. The minimum Gasteiger partial charge on any atom is -0.457 e. The number of ether oxygens (including phenoxy) is 1. The molecule has 5 aromatic rings. The highest BCUT2D eigenvalue weighted by atomic mass is 32.2. The maximum Gasteiger partial charge on any atom is 0.323 e. The van der Waals surface area contributed by atoms with Crippen LogP contribution in [0.5, 0.6) is 11.5 Å². The zero-order chi connectivity index (χ0) is 28.4. The van der Waals surface area contributed by atoms with Crippen molar-refractivity contribution in [3.05, 3.63) is 72.9 Å². The lowest BCUT2D eigenvalue weighted by atomic mass is 10.1. The van der Waals surface area contributed by atoms with E-state index in [0.29, 0.717) is 11.4 Å². The lowest BCUT2D eigenvalue weighted by Gasteiger charge is -2.11. The number of fused-ring (bicyclic) bond motifs is 1. The molecule has 0 aliphatic carbocycles. The average molecular weight is 565 g/mol. The molecule has 40 heavy (non-hydrogen) atoms. The number of hydrogen-bond donors (Lipinski definition) is 4. The fraction of sp³-hybridized carbons (Fsp3) is 0.154. The van der Waals surface area contributed by atoms with Crippen LogP contribution in [0.15, 0.2) is 67.1 Å². The second-order valence-electron chi connectivity index (χ2n) is 9.21. The van der Waals surface area contributed by atoms with Gasteiger partial charge in [-0.3, -0.25) is 14.5 Å². The molecule has 0 aliphatic rings. The van der Waals surface area contributed by atoms with Crippen molar-refractivity contribution in [2.75, 3.05) is 21.6 Å². The van der Waals surface area contributed by atoms with Crippen LogP contribution >= 0.6 is 0 Å². The second-order valence-corrected chi connectivity index (χ2v) is 11.0. The number of nitrogens with one attached hydrogen (secondary N) is 4. The summed E-state index contributed by atoms with van der Waals surface area (Å²) < 4.78 is 47.3. The smallest absolute Gasteiger partial charge is 0.323 e. The van der Waals surface area contributed by atoms with Crippen LogP contribution in [0.1, 0.15) is 19.9 Å². The van der Waals surface area contributed by atoms with Gasteiger partial charge in [-0.1, -0.05) is 6.07 Å². The molecule has 2 amide bonds. The van der Waals surface area contributed by atoms with Gasteiger partial charge in [0.25, 0.3) is 0 Å². The number of aromatic nitrogens is 5. The van der Waals surface area contributed by atoms with Crippen LogP contribution < -0.4 is 20.1 Å². The van der Waals surface area contributed by atoms with Crippen molar-refractivity contribution < 1.29 is 22.3 Å². The van der Waals surface area contributed by atoms with E-state index in [1.54, 1.807) is 17.1 Å². The van der Waals surface area contributed by atoms with Gasteiger partial charge >= 0.3 is 6.03 Å². The highest BCUT2D eigenvalue weighted by Crippen LogP contribution is 2.31. The summed E-state index contributed by atoms with van der Waals surface area (Å²) >= 11 is 0. The van der Waals surface area contributed by atoms with E-state index in [2.05, 4.69) is 35.6 Å². The molecule has 3 heterocycles. The number of H-pyrrole nitrogens is 1. The number of carbonyl (C=O) groups excluding carboxylic acids is 1. The molecule has 14 heteroatoms. The number of urea groups is 1. The van der Waals surface area contributed by atoms with Crippen LogP contribution in [0.3, 0.4) is 0 Å². The highest BCUT2D eigenvalue weighted by molar-refractivity contribution is 7.92. The van der Waals surface area contributed by atoms with Crippen molar-refractivity contribution in [3.63, 3.8) is 0 Å². The Kier molecular flexibility index (Phi) is 7.09. The Hall–Kier alpha value is -4.98. The number of halogens is 1. The highest BCUT2D eigenvalue weighted by Gasteiger charge is 2.17. The quantitative estimate of drug-likeness (QED) is 0.198. The summed E-state index contributed by atoms with van der Waals surface area (Å²) in [5.74, 6) is -0.308. The van der Waals surface area contributed by atoms with Gasteiger partial charge in [-0.2, -0.15) is 10.2 Å². The summed E-state index contributed by atoms with van der Waals surface area (Å²) in [5.41, 5.74) is 2.58. The third-order valence-corrected chi connectivity index (χ3v) is 6.25. The third kappa shape index (κ3) is 6.18. The van der Waals surface area contributed by atoms with Crippen LogP contribution in [-0.2, 0) is 10.0 Å². The average Bonchev–Trinajstić information content (AvgIpc) is 3.51. The first-order chi connectivity index (χ1) is 19.0. The predicted octanol–water partition coefficient (Wildman–Crippen LogP) is 5.35. The molecule has 0 unspecified atom stereocenters. The molecule has 2 aromatic carbocycles. The van der Waals surface area contributed by atoms with Crippen LogP contribution in [-0.4, -0.2) is 45.7 Å². The summed E-state index contributed by atoms with van der Waals surface area (Å²) in [6, 6.07) is 11.8. The summed E-state index contributed by atoms with van der Waals surface area (Å²) in [4.78, 5) is 16.8. The fourth-order valence-electron chi connectivity index (χ4n) is 3.84. The van der Waals surface area contributed by atoms with Gasteiger partial charge in [-0.05, 0) is 44.2 Å². The third-order valence-electron chi connectivity index (χ3n) is 5.67. The van der Waals surface area contributed by atoms with Gasteiger partial charge < -0.3 is 15.4 Å². The standard InChI is InChI=1S/C26H25FN8O4S/c1-15(2)35-14-23(25(33-35)16-4-6-21-17(10-16)13-29-32-21)31-26(36)30-22-7-5-18(11-20(22)27)39-19-8-9-28-24(12-19)34-40(3,37)38/h4-15H,1-3H3,(H,28,34)(H,29,32)(H2,30,31,36). The molecular weight excluding hydrogens is 539 g/mol. The Bertz CT molecular complexity index is 1820. The van der Waals surface area contributed by atoms with Crippen LogP contribution in [0.4, 0.5) is 26.4 Å². The Morgan fingerprint density at radius 1 is 1.05 bits per heavy atom. The van der Waals surface area contributed by atoms with Crippen molar-refractivity contribution in [1.29, 1.82) is 0 Å². The molecule has 3 aromatic heterocycles. The Balaban J connectivity index is 1.31. The van der Waals surface area contributed by atoms with Crippen molar-refractivity contribution in [1.82, 2.24) is 25.0 Å². The minimum atomic E-state index is -3.52. The van der Waals surface area contributed by atoms with Gasteiger partial charge in [-0.15, -0.1) is 0 Å². The molecule has 0 spiro atoms. The number of sulfonamides is 1. The number of nitrogens with zero attached hydrogens (tertiary/aromatic N) is 4. The molecule has 206 valence electrons. The summed E-state index contributed by atoms with van der Waals surface area (Å²) in [7, 11) is -3.52. The van der Waals surface area contributed by atoms with E-state index in [-0.39, 0.29) is 29.0 Å². The Morgan fingerprint density at radius 3 is 2.58 bits per heavy atom. The lowest BCUT2D eigenvalue weighted by molar-refractivity contribution is 0.262. The first-order valence-electron chi connectivity index (χ1n) is 12.1. The molecule has 0 saturated heterocycles. The number of aromatic amines is 1. The van der Waals surface area contributed by atoms with Crippen molar-refractivity contribution in [2.45, 2.75) is 19.9 Å². The Morgan fingerprint density at radius 2 is 1.82 bits per heavy atom. The number of pyridine rings is 1. The van der Waals surface area contributed by atoms with Crippen molar-refractivity contribution >= 4 is 44.1 Å². The van der Waals surface area contributed by atoms with Crippen LogP contribution in [0.25, 0.3) is 22.2 Å². The molecule has 12 nitrogen and oxygen atoms in total. The van der Waals surface area contributed by atoms with E-state index in [1.807, 2.05) is 32.0 Å². The maximum atomic E-state index is 14.9. The molecule has 0 atom stereocenters. The molecule has 0 radical (unpaired) electrons. The van der Waals surface area contributed by atoms with Crippen molar-refractivity contribution in [3.8, 4) is 22.8 Å². The second kappa shape index (κ2) is 10.6. The number of hydrogen-bond acceptors (Lipinski definition) is 7. The molecule has 4 N–H and O–H groups in total. The van der Waals surface area contributed by atoms with E-state index in [9.17, 15) is 17.6 Å². The number of rotatable bonds is 8. The normalized spacial score (nSPS) is 11.5. The van der Waals surface area contributed by atoms with Crippen molar-refractivity contribution in [2.24, 2.45) is 0 Å². The number of anilines is 3. The van der Waals surface area contributed by atoms with Gasteiger partial charge in [0, 0.05) is 41.5 Å². The monoisotopic (exact) mass is 564 g/mol. The maximum absolute atomic E-state index is 14.9. The van der Waals surface area contributed by atoms with Gasteiger partial charge in [-0.25, -0.2) is 22.6 Å².